The number of nitrogens with one attached hydrogen (secondary N) is 1. The lowest BCUT2D eigenvalue weighted by molar-refractivity contribution is -0.146. The fraction of sp³-hybridized carbons (Fsp3) is 0.231. The van der Waals surface area contributed by atoms with Gasteiger partial charge in [0, 0.05) is 16.6 Å². The molecule has 1 atom stereocenters. The lowest BCUT2D eigenvalue weighted by Crippen LogP contribution is -2.22. The molecule has 0 radical (unpaired) electrons. The van der Waals surface area contributed by atoms with Gasteiger partial charge in [-0.15, -0.1) is 0 Å². The van der Waals surface area contributed by atoms with Crippen molar-refractivity contribution in [3.63, 3.8) is 0 Å². The summed E-state index contributed by atoms with van der Waals surface area (Å²) >= 11 is 0. The van der Waals surface area contributed by atoms with Crippen molar-refractivity contribution in [2.24, 2.45) is 0 Å². The Labute approximate surface area is 181 Å². The van der Waals surface area contributed by atoms with Crippen LogP contribution in [0.15, 0.2) is 71.3 Å². The Bertz CT molecular complexity index is 1240. The summed E-state index contributed by atoms with van der Waals surface area (Å²) in [6.07, 6.45) is 2.59. The van der Waals surface area contributed by atoms with Crippen LogP contribution in [0.25, 0.3) is 21.7 Å². The number of fused-ring (bicyclic) bond motifs is 3. The van der Waals surface area contributed by atoms with Gasteiger partial charge in [0.05, 0.1) is 12.7 Å². The largest absolute Gasteiger partial charge is 0.464 e. The number of carbonyl (C=O) groups excluding carboxylic acids is 2. The highest BCUT2D eigenvalue weighted by molar-refractivity contribution is 6.08. The molecular weight excluding hydrogens is 390 g/mol. The number of benzene rings is 3. The SMILES string of the molecule is CC[C@@H](C)c1ccccc1NC(=O)COC(=O)Cc1coc2ccc3ccccc3c12. The number of anilines is 1. The molecule has 31 heavy (non-hydrogen) atoms. The summed E-state index contributed by atoms with van der Waals surface area (Å²) in [6, 6.07) is 19.5. The molecule has 0 aliphatic heterocycles. The number of ether oxygens (including phenoxy) is 1. The Balaban J connectivity index is 1.41. The molecule has 0 unspecified atom stereocenters. The molecule has 5 heteroatoms. The van der Waals surface area contributed by atoms with Crippen LogP contribution in [0.3, 0.4) is 0 Å². The zero-order valence-electron chi connectivity index (χ0n) is 17.7. The van der Waals surface area contributed by atoms with E-state index in [4.69, 9.17) is 9.15 Å². The van der Waals surface area contributed by atoms with E-state index in [-0.39, 0.29) is 18.9 Å². The summed E-state index contributed by atoms with van der Waals surface area (Å²) in [7, 11) is 0. The molecule has 0 fully saturated rings. The Kier molecular flexibility index (Phi) is 6.03. The summed E-state index contributed by atoms with van der Waals surface area (Å²) in [4.78, 5) is 24.8. The van der Waals surface area contributed by atoms with Gasteiger partial charge in [-0.05, 0) is 40.8 Å². The number of rotatable bonds is 7. The molecule has 1 N–H and O–H groups in total. The average molecular weight is 415 g/mol. The van der Waals surface area contributed by atoms with Gasteiger partial charge in [0.2, 0.25) is 0 Å². The van der Waals surface area contributed by atoms with E-state index < -0.39 is 5.97 Å². The van der Waals surface area contributed by atoms with Crippen molar-refractivity contribution in [2.75, 3.05) is 11.9 Å². The quantitative estimate of drug-likeness (QED) is 0.386. The van der Waals surface area contributed by atoms with Crippen LogP contribution < -0.4 is 5.32 Å². The molecule has 0 saturated carbocycles. The minimum atomic E-state index is -0.471. The maximum absolute atomic E-state index is 12.4. The second-order valence-electron chi connectivity index (χ2n) is 7.70. The predicted molar refractivity (Wildman–Crippen MR) is 122 cm³/mol. The van der Waals surface area contributed by atoms with Crippen LogP contribution in [0.4, 0.5) is 5.69 Å². The molecular formula is C26H25NO4. The highest BCUT2D eigenvalue weighted by atomic mass is 16.5. The molecule has 5 nitrogen and oxygen atoms in total. The number of esters is 1. The number of amides is 1. The number of hydrogen-bond donors (Lipinski definition) is 1. The van der Waals surface area contributed by atoms with Crippen molar-refractivity contribution in [1.29, 1.82) is 0 Å². The van der Waals surface area contributed by atoms with Crippen molar-refractivity contribution in [1.82, 2.24) is 0 Å². The van der Waals surface area contributed by atoms with Gasteiger partial charge in [-0.2, -0.15) is 0 Å². The molecule has 1 aromatic heterocycles. The van der Waals surface area contributed by atoms with E-state index in [0.29, 0.717) is 5.92 Å². The molecule has 158 valence electrons. The lowest BCUT2D eigenvalue weighted by atomic mass is 9.97. The minimum Gasteiger partial charge on any atom is -0.464 e. The smallest absolute Gasteiger partial charge is 0.310 e. The predicted octanol–water partition coefficient (Wildman–Crippen LogP) is 5.82. The van der Waals surface area contributed by atoms with Gasteiger partial charge in [0.25, 0.3) is 5.91 Å². The van der Waals surface area contributed by atoms with E-state index in [2.05, 4.69) is 19.2 Å². The minimum absolute atomic E-state index is 0.0394. The molecule has 1 heterocycles. The first-order valence-electron chi connectivity index (χ1n) is 10.5. The summed E-state index contributed by atoms with van der Waals surface area (Å²) in [5.74, 6) is -0.504. The number of para-hydroxylation sites is 1. The number of hydrogen-bond acceptors (Lipinski definition) is 4. The Morgan fingerprint density at radius 1 is 1.03 bits per heavy atom. The summed E-state index contributed by atoms with van der Waals surface area (Å²) in [5, 5.41) is 5.86. The highest BCUT2D eigenvalue weighted by Gasteiger charge is 2.16. The van der Waals surface area contributed by atoms with Crippen molar-refractivity contribution in [3.8, 4) is 0 Å². The molecule has 0 aliphatic rings. The monoisotopic (exact) mass is 415 g/mol. The van der Waals surface area contributed by atoms with E-state index in [0.717, 1.165) is 45.0 Å². The fourth-order valence-corrected chi connectivity index (χ4v) is 3.80. The standard InChI is InChI=1S/C26H25NO4/c1-3-17(2)20-9-6-7-11-22(20)27-24(28)16-31-25(29)14-19-15-30-23-13-12-18-8-4-5-10-21(18)26(19)23/h4-13,15,17H,3,14,16H2,1-2H3,(H,27,28)/t17-/m1/s1. The molecule has 0 spiro atoms. The van der Waals surface area contributed by atoms with Crippen LogP contribution in [0.5, 0.6) is 0 Å². The first-order chi connectivity index (χ1) is 15.1. The average Bonchev–Trinajstić information content (AvgIpc) is 3.20. The third-order valence-electron chi connectivity index (χ3n) is 5.62. The molecule has 0 saturated heterocycles. The van der Waals surface area contributed by atoms with Crippen LogP contribution in [0, 0.1) is 0 Å². The van der Waals surface area contributed by atoms with Crippen LogP contribution in [-0.4, -0.2) is 18.5 Å². The second-order valence-corrected chi connectivity index (χ2v) is 7.70. The Morgan fingerprint density at radius 3 is 2.65 bits per heavy atom. The number of furan rings is 1. The highest BCUT2D eigenvalue weighted by Crippen LogP contribution is 2.30. The molecule has 4 rings (SSSR count). The van der Waals surface area contributed by atoms with Crippen LogP contribution in [-0.2, 0) is 20.7 Å². The van der Waals surface area contributed by atoms with Gasteiger partial charge < -0.3 is 14.5 Å². The zero-order valence-corrected chi connectivity index (χ0v) is 17.7. The maximum Gasteiger partial charge on any atom is 0.310 e. The van der Waals surface area contributed by atoms with Crippen LogP contribution in [0.1, 0.15) is 37.3 Å². The first-order valence-corrected chi connectivity index (χ1v) is 10.5. The van der Waals surface area contributed by atoms with Crippen molar-refractivity contribution in [2.45, 2.75) is 32.6 Å². The fourth-order valence-electron chi connectivity index (χ4n) is 3.80. The second kappa shape index (κ2) is 9.04. The van der Waals surface area contributed by atoms with Gasteiger partial charge in [0.1, 0.15) is 5.58 Å². The maximum atomic E-state index is 12.4. The van der Waals surface area contributed by atoms with Gasteiger partial charge in [0.15, 0.2) is 6.61 Å². The summed E-state index contributed by atoms with van der Waals surface area (Å²) in [6.45, 7) is 3.89. The summed E-state index contributed by atoms with van der Waals surface area (Å²) < 4.78 is 10.9. The van der Waals surface area contributed by atoms with Crippen molar-refractivity contribution >= 4 is 39.3 Å². The van der Waals surface area contributed by atoms with Gasteiger partial charge in [-0.25, -0.2) is 0 Å². The van der Waals surface area contributed by atoms with Gasteiger partial charge in [-0.1, -0.05) is 62.4 Å². The molecule has 0 bridgehead atoms. The lowest BCUT2D eigenvalue weighted by Gasteiger charge is -2.15. The van der Waals surface area contributed by atoms with Crippen LogP contribution in [0.2, 0.25) is 0 Å². The Morgan fingerprint density at radius 2 is 1.81 bits per heavy atom. The van der Waals surface area contributed by atoms with E-state index in [9.17, 15) is 9.59 Å². The van der Waals surface area contributed by atoms with Crippen molar-refractivity contribution in [3.05, 3.63) is 78.1 Å². The number of carbonyl (C=O) groups is 2. The van der Waals surface area contributed by atoms with Crippen LogP contribution >= 0.6 is 0 Å². The van der Waals surface area contributed by atoms with E-state index in [1.54, 1.807) is 6.26 Å². The normalized spacial score (nSPS) is 12.1. The third kappa shape index (κ3) is 4.45. The first kappa shape index (κ1) is 20.7. The van der Waals surface area contributed by atoms with E-state index in [1.165, 1.54) is 0 Å². The molecule has 0 aliphatic carbocycles. The van der Waals surface area contributed by atoms with E-state index >= 15 is 0 Å². The molecule has 1 amide bonds. The zero-order chi connectivity index (χ0) is 21.8. The van der Waals surface area contributed by atoms with Gasteiger partial charge >= 0.3 is 5.97 Å². The summed E-state index contributed by atoms with van der Waals surface area (Å²) in [5.41, 5.74) is 3.30. The van der Waals surface area contributed by atoms with E-state index in [1.807, 2.05) is 60.7 Å². The third-order valence-corrected chi connectivity index (χ3v) is 5.62. The van der Waals surface area contributed by atoms with Crippen molar-refractivity contribution < 1.29 is 18.7 Å². The topological polar surface area (TPSA) is 68.5 Å². The van der Waals surface area contributed by atoms with Gasteiger partial charge in [-0.3, -0.25) is 9.59 Å². The molecule has 3 aromatic carbocycles. The molecule has 4 aromatic rings. The Hall–Kier alpha value is -3.60.